The van der Waals surface area contributed by atoms with Gasteiger partial charge in [-0.25, -0.2) is 0 Å². The van der Waals surface area contributed by atoms with Crippen molar-refractivity contribution in [2.24, 2.45) is 5.73 Å². The molecule has 19 heavy (non-hydrogen) atoms. The predicted molar refractivity (Wildman–Crippen MR) is 74.0 cm³/mol. The number of aryl methyl sites for hydroxylation is 1. The van der Waals surface area contributed by atoms with Crippen LogP contribution in [0.1, 0.15) is 24.1 Å². The summed E-state index contributed by atoms with van der Waals surface area (Å²) in [6.07, 6.45) is 2.37. The fraction of sp³-hybridized carbons (Fsp3) is 0.467. The lowest BCUT2D eigenvalue weighted by atomic mass is 9.93. The van der Waals surface area contributed by atoms with Crippen molar-refractivity contribution in [1.82, 2.24) is 4.98 Å². The number of hydrogen-bond acceptors (Lipinski definition) is 3. The summed E-state index contributed by atoms with van der Waals surface area (Å²) >= 11 is 0. The highest BCUT2D eigenvalue weighted by Gasteiger charge is 2.45. The topological polar surface area (TPSA) is 60.3 Å². The van der Waals surface area contributed by atoms with Crippen LogP contribution in [0.2, 0.25) is 0 Å². The van der Waals surface area contributed by atoms with Crippen LogP contribution in [0, 0.1) is 6.92 Å². The zero-order valence-corrected chi connectivity index (χ0v) is 11.1. The molecule has 3 N–H and O–H groups in total. The molecule has 4 heteroatoms. The SMILES string of the molecule is Cc1[nH]c2cc3c(cc2c1C1(CN)CC1)OCCO3. The first-order valence-corrected chi connectivity index (χ1v) is 6.86. The minimum Gasteiger partial charge on any atom is -0.486 e. The van der Waals surface area contributed by atoms with Crippen molar-refractivity contribution in [3.63, 3.8) is 0 Å². The molecule has 1 aliphatic heterocycles. The van der Waals surface area contributed by atoms with Gasteiger partial charge in [-0.1, -0.05) is 0 Å². The van der Waals surface area contributed by atoms with Crippen molar-refractivity contribution in [1.29, 1.82) is 0 Å². The Balaban J connectivity index is 1.96. The highest BCUT2D eigenvalue weighted by molar-refractivity contribution is 5.89. The monoisotopic (exact) mass is 258 g/mol. The average molecular weight is 258 g/mol. The van der Waals surface area contributed by atoms with Gasteiger partial charge in [0.25, 0.3) is 0 Å². The molecule has 100 valence electrons. The molecule has 2 aliphatic rings. The number of nitrogens with one attached hydrogen (secondary N) is 1. The summed E-state index contributed by atoms with van der Waals surface area (Å²) in [6.45, 7) is 4.10. The lowest BCUT2D eigenvalue weighted by Crippen LogP contribution is -2.20. The van der Waals surface area contributed by atoms with Gasteiger partial charge in [-0.3, -0.25) is 0 Å². The molecule has 2 heterocycles. The first-order chi connectivity index (χ1) is 9.23. The molecule has 2 aromatic rings. The molecule has 1 fully saturated rings. The molecule has 0 spiro atoms. The number of hydrogen-bond donors (Lipinski definition) is 2. The summed E-state index contributed by atoms with van der Waals surface area (Å²) in [5, 5.41) is 1.24. The van der Waals surface area contributed by atoms with Crippen LogP contribution < -0.4 is 15.2 Å². The molecule has 0 atom stereocenters. The van der Waals surface area contributed by atoms with Crippen LogP contribution in [0.4, 0.5) is 0 Å². The van der Waals surface area contributed by atoms with E-state index < -0.39 is 0 Å². The van der Waals surface area contributed by atoms with Crippen LogP contribution in [0.5, 0.6) is 11.5 Å². The van der Waals surface area contributed by atoms with Crippen molar-refractivity contribution in [2.75, 3.05) is 19.8 Å². The summed E-state index contributed by atoms with van der Waals surface area (Å²) in [7, 11) is 0. The molecule has 0 amide bonds. The number of fused-ring (bicyclic) bond motifs is 2. The normalized spacial score (nSPS) is 19.7. The number of aromatic nitrogens is 1. The number of benzene rings is 1. The molecule has 1 aromatic heterocycles. The summed E-state index contributed by atoms with van der Waals surface area (Å²) in [5.41, 5.74) is 9.90. The lowest BCUT2D eigenvalue weighted by Gasteiger charge is -2.19. The van der Waals surface area contributed by atoms with Gasteiger partial charge in [0, 0.05) is 34.6 Å². The van der Waals surface area contributed by atoms with Crippen LogP contribution in [-0.4, -0.2) is 24.7 Å². The number of rotatable bonds is 2. The first kappa shape index (κ1) is 11.2. The Morgan fingerprint density at radius 3 is 2.53 bits per heavy atom. The van der Waals surface area contributed by atoms with Crippen LogP contribution in [0.25, 0.3) is 10.9 Å². The molecule has 0 bridgehead atoms. The Kier molecular flexibility index (Phi) is 2.16. The second kappa shape index (κ2) is 3.67. The fourth-order valence-electron chi connectivity index (χ4n) is 3.26. The molecule has 4 rings (SSSR count). The van der Waals surface area contributed by atoms with E-state index >= 15 is 0 Å². The Bertz CT molecular complexity index is 656. The maximum Gasteiger partial charge on any atom is 0.163 e. The molecule has 0 radical (unpaired) electrons. The van der Waals surface area contributed by atoms with Crippen molar-refractivity contribution in [3.8, 4) is 11.5 Å². The predicted octanol–water partition coefficient (Wildman–Crippen LogP) is 2.24. The quantitative estimate of drug-likeness (QED) is 0.868. The maximum atomic E-state index is 5.99. The van der Waals surface area contributed by atoms with E-state index in [1.807, 2.05) is 6.07 Å². The van der Waals surface area contributed by atoms with Crippen molar-refractivity contribution in [2.45, 2.75) is 25.2 Å². The third kappa shape index (κ3) is 1.49. The minimum atomic E-state index is 0.187. The molecular formula is C15H18N2O2. The Hall–Kier alpha value is -1.68. The first-order valence-electron chi connectivity index (χ1n) is 6.86. The van der Waals surface area contributed by atoms with Gasteiger partial charge in [0.15, 0.2) is 11.5 Å². The molecule has 1 aliphatic carbocycles. The van der Waals surface area contributed by atoms with Crippen LogP contribution in [0.3, 0.4) is 0 Å². The summed E-state index contributed by atoms with van der Waals surface area (Å²) in [5.74, 6) is 1.69. The van der Waals surface area contributed by atoms with Crippen LogP contribution in [-0.2, 0) is 5.41 Å². The van der Waals surface area contributed by atoms with E-state index in [4.69, 9.17) is 15.2 Å². The van der Waals surface area contributed by atoms with Crippen LogP contribution in [0.15, 0.2) is 12.1 Å². The molecule has 4 nitrogen and oxygen atoms in total. The highest BCUT2D eigenvalue weighted by Crippen LogP contribution is 2.52. The van der Waals surface area contributed by atoms with Crippen molar-refractivity contribution >= 4 is 10.9 Å². The molecular weight excluding hydrogens is 240 g/mol. The number of H-pyrrole nitrogens is 1. The number of aromatic amines is 1. The summed E-state index contributed by atoms with van der Waals surface area (Å²) in [6, 6.07) is 4.16. The van der Waals surface area contributed by atoms with Gasteiger partial charge in [0.1, 0.15) is 13.2 Å². The average Bonchev–Trinajstić information content (AvgIpc) is 3.14. The zero-order valence-electron chi connectivity index (χ0n) is 11.1. The van der Waals surface area contributed by atoms with Gasteiger partial charge in [0.05, 0.1) is 0 Å². The Morgan fingerprint density at radius 1 is 1.21 bits per heavy atom. The third-order valence-corrected chi connectivity index (χ3v) is 4.42. The van der Waals surface area contributed by atoms with E-state index in [1.54, 1.807) is 0 Å². The van der Waals surface area contributed by atoms with E-state index in [0.717, 1.165) is 23.6 Å². The molecule has 0 saturated heterocycles. The highest BCUT2D eigenvalue weighted by atomic mass is 16.6. The Morgan fingerprint density at radius 2 is 1.89 bits per heavy atom. The summed E-state index contributed by atoms with van der Waals surface area (Å²) < 4.78 is 11.3. The van der Waals surface area contributed by atoms with Crippen molar-refractivity contribution in [3.05, 3.63) is 23.4 Å². The van der Waals surface area contributed by atoms with E-state index in [9.17, 15) is 0 Å². The number of nitrogens with two attached hydrogens (primary N) is 1. The third-order valence-electron chi connectivity index (χ3n) is 4.42. The van der Waals surface area contributed by atoms with E-state index in [0.29, 0.717) is 13.2 Å². The van der Waals surface area contributed by atoms with Gasteiger partial charge in [-0.15, -0.1) is 0 Å². The van der Waals surface area contributed by atoms with Gasteiger partial charge in [-0.05, 0) is 31.4 Å². The minimum absolute atomic E-state index is 0.187. The van der Waals surface area contributed by atoms with Crippen LogP contribution >= 0.6 is 0 Å². The second-order valence-electron chi connectivity index (χ2n) is 5.65. The van der Waals surface area contributed by atoms with E-state index in [1.165, 1.54) is 29.5 Å². The second-order valence-corrected chi connectivity index (χ2v) is 5.65. The standard InChI is InChI=1S/C15H18N2O2/c1-9-14(15(8-16)2-3-15)10-6-12-13(7-11(10)17-9)19-5-4-18-12/h6-7,17H,2-5,8,16H2,1H3. The van der Waals surface area contributed by atoms with Gasteiger partial charge >= 0.3 is 0 Å². The lowest BCUT2D eigenvalue weighted by molar-refractivity contribution is 0.172. The number of ether oxygens (including phenoxy) is 2. The Labute approximate surface area is 111 Å². The fourth-order valence-corrected chi connectivity index (χ4v) is 3.26. The van der Waals surface area contributed by atoms with Crippen molar-refractivity contribution < 1.29 is 9.47 Å². The smallest absolute Gasteiger partial charge is 0.163 e. The zero-order chi connectivity index (χ0) is 13.0. The molecule has 0 unspecified atom stereocenters. The molecule has 1 aromatic carbocycles. The van der Waals surface area contributed by atoms with E-state index in [-0.39, 0.29) is 5.41 Å². The molecule has 1 saturated carbocycles. The van der Waals surface area contributed by atoms with E-state index in [2.05, 4.69) is 18.0 Å². The van der Waals surface area contributed by atoms with Gasteiger partial charge in [-0.2, -0.15) is 0 Å². The van der Waals surface area contributed by atoms with Gasteiger partial charge in [0.2, 0.25) is 0 Å². The summed E-state index contributed by atoms with van der Waals surface area (Å²) in [4.78, 5) is 3.47. The largest absolute Gasteiger partial charge is 0.486 e. The maximum absolute atomic E-state index is 5.99. The van der Waals surface area contributed by atoms with Gasteiger partial charge < -0.3 is 20.2 Å².